The van der Waals surface area contributed by atoms with Gasteiger partial charge in [-0.15, -0.1) is 0 Å². The van der Waals surface area contributed by atoms with Crippen LogP contribution in [0.25, 0.3) is 0 Å². The van der Waals surface area contributed by atoms with Gasteiger partial charge in [0, 0.05) is 5.69 Å². The molecule has 0 aliphatic heterocycles. The molecule has 112 valence electrons. The highest BCUT2D eigenvalue weighted by atomic mass is 32.2. The third kappa shape index (κ3) is 3.45. The average molecular weight is 303 g/mol. The number of benzene rings is 2. The molecule has 0 heterocycles. The summed E-state index contributed by atoms with van der Waals surface area (Å²) in [5.74, 6) is 0. The number of nitrogens with one attached hydrogen (secondary N) is 1. The van der Waals surface area contributed by atoms with Crippen molar-refractivity contribution in [2.24, 2.45) is 0 Å². The van der Waals surface area contributed by atoms with Gasteiger partial charge in [0.2, 0.25) is 0 Å². The molecule has 0 aliphatic carbocycles. The van der Waals surface area contributed by atoms with Gasteiger partial charge >= 0.3 is 0 Å². The monoisotopic (exact) mass is 303 g/mol. The van der Waals surface area contributed by atoms with Gasteiger partial charge in [0.15, 0.2) is 0 Å². The topological polar surface area (TPSA) is 46.2 Å². The highest BCUT2D eigenvalue weighted by Crippen LogP contribution is 2.23. The van der Waals surface area contributed by atoms with E-state index >= 15 is 0 Å². The largest absolute Gasteiger partial charge is 0.280 e. The Balaban J connectivity index is 2.45. The number of aryl methyl sites for hydroxylation is 5. The second kappa shape index (κ2) is 5.53. The zero-order chi connectivity index (χ0) is 15.8. The predicted octanol–water partition coefficient (Wildman–Crippen LogP) is 4.03. The first-order valence-electron chi connectivity index (χ1n) is 6.88. The van der Waals surface area contributed by atoms with Crippen LogP contribution in [-0.2, 0) is 10.0 Å². The van der Waals surface area contributed by atoms with Gasteiger partial charge in [-0.2, -0.15) is 0 Å². The highest BCUT2D eigenvalue weighted by molar-refractivity contribution is 7.92. The van der Waals surface area contributed by atoms with E-state index in [1.807, 2.05) is 58.9 Å². The second-order valence-corrected chi connectivity index (χ2v) is 7.33. The molecule has 0 aromatic heterocycles. The van der Waals surface area contributed by atoms with Crippen LogP contribution in [0.1, 0.15) is 27.8 Å². The molecule has 0 spiro atoms. The molecule has 0 saturated heterocycles. The fourth-order valence-corrected chi connectivity index (χ4v) is 3.82. The van der Waals surface area contributed by atoms with Crippen molar-refractivity contribution in [3.8, 4) is 0 Å². The normalized spacial score (nSPS) is 11.5. The smallest absolute Gasteiger partial charge is 0.262 e. The minimum Gasteiger partial charge on any atom is -0.280 e. The Labute approximate surface area is 127 Å². The molecule has 2 aromatic carbocycles. The molecule has 0 fully saturated rings. The maximum Gasteiger partial charge on any atom is 0.262 e. The van der Waals surface area contributed by atoms with Crippen LogP contribution in [0.4, 0.5) is 5.69 Å². The number of hydrogen-bond acceptors (Lipinski definition) is 2. The number of rotatable bonds is 3. The lowest BCUT2D eigenvalue weighted by molar-refractivity contribution is 0.600. The summed E-state index contributed by atoms with van der Waals surface area (Å²) in [7, 11) is -3.57. The van der Waals surface area contributed by atoms with E-state index in [4.69, 9.17) is 0 Å². The van der Waals surface area contributed by atoms with Gasteiger partial charge in [0.25, 0.3) is 10.0 Å². The fraction of sp³-hybridized carbons (Fsp3) is 0.294. The lowest BCUT2D eigenvalue weighted by atomic mass is 10.1. The van der Waals surface area contributed by atoms with Crippen molar-refractivity contribution >= 4 is 15.7 Å². The van der Waals surface area contributed by atoms with Crippen molar-refractivity contribution in [2.45, 2.75) is 39.5 Å². The van der Waals surface area contributed by atoms with Crippen molar-refractivity contribution in [2.75, 3.05) is 4.72 Å². The Kier molecular flexibility index (Phi) is 4.10. The lowest BCUT2D eigenvalue weighted by Gasteiger charge is -2.13. The van der Waals surface area contributed by atoms with Crippen LogP contribution < -0.4 is 4.72 Å². The third-order valence-electron chi connectivity index (χ3n) is 3.55. The molecule has 2 aromatic rings. The summed E-state index contributed by atoms with van der Waals surface area (Å²) in [6.07, 6.45) is 0. The summed E-state index contributed by atoms with van der Waals surface area (Å²) in [5, 5.41) is 0. The molecule has 4 heteroatoms. The van der Waals surface area contributed by atoms with Crippen LogP contribution in [0.15, 0.2) is 35.2 Å². The van der Waals surface area contributed by atoms with Crippen LogP contribution in [0.3, 0.4) is 0 Å². The number of anilines is 1. The molecule has 2 rings (SSSR count). The summed E-state index contributed by atoms with van der Waals surface area (Å²) < 4.78 is 27.9. The van der Waals surface area contributed by atoms with E-state index < -0.39 is 10.0 Å². The minimum atomic E-state index is -3.57. The van der Waals surface area contributed by atoms with Crippen molar-refractivity contribution < 1.29 is 8.42 Å². The molecule has 0 aliphatic rings. The molecular formula is C17H21NO2S. The lowest BCUT2D eigenvalue weighted by Crippen LogP contribution is -2.15. The average Bonchev–Trinajstić information content (AvgIpc) is 2.31. The van der Waals surface area contributed by atoms with E-state index in [2.05, 4.69) is 4.72 Å². The van der Waals surface area contributed by atoms with Crippen LogP contribution in [0, 0.1) is 34.6 Å². The molecular weight excluding hydrogens is 282 g/mol. The van der Waals surface area contributed by atoms with Crippen LogP contribution >= 0.6 is 0 Å². The minimum absolute atomic E-state index is 0.338. The van der Waals surface area contributed by atoms with Gasteiger partial charge in [0.1, 0.15) is 0 Å². The summed E-state index contributed by atoms with van der Waals surface area (Å²) in [5.41, 5.74) is 5.49. The van der Waals surface area contributed by atoms with Gasteiger partial charge in [-0.3, -0.25) is 4.72 Å². The van der Waals surface area contributed by atoms with Crippen molar-refractivity contribution in [3.05, 3.63) is 58.1 Å². The zero-order valence-electron chi connectivity index (χ0n) is 13.1. The van der Waals surface area contributed by atoms with Gasteiger partial charge in [0.05, 0.1) is 4.90 Å². The summed E-state index contributed by atoms with van der Waals surface area (Å²) in [4.78, 5) is 0.338. The van der Waals surface area contributed by atoms with E-state index in [1.54, 1.807) is 6.07 Å². The Hall–Kier alpha value is -1.81. The van der Waals surface area contributed by atoms with Gasteiger partial charge < -0.3 is 0 Å². The fourth-order valence-electron chi connectivity index (χ4n) is 2.47. The molecule has 1 N–H and O–H groups in total. The van der Waals surface area contributed by atoms with Crippen molar-refractivity contribution in [3.63, 3.8) is 0 Å². The van der Waals surface area contributed by atoms with Crippen LogP contribution in [-0.4, -0.2) is 8.42 Å². The van der Waals surface area contributed by atoms with E-state index in [-0.39, 0.29) is 0 Å². The number of hydrogen-bond donors (Lipinski definition) is 1. The Bertz CT molecular complexity index is 772. The molecule has 3 nitrogen and oxygen atoms in total. The molecule has 0 atom stereocenters. The highest BCUT2D eigenvalue weighted by Gasteiger charge is 2.18. The molecule has 21 heavy (non-hydrogen) atoms. The van der Waals surface area contributed by atoms with Crippen LogP contribution in [0.2, 0.25) is 0 Å². The summed E-state index contributed by atoms with van der Waals surface area (Å²) in [6, 6.07) is 9.32. The summed E-state index contributed by atoms with van der Waals surface area (Å²) >= 11 is 0. The SMILES string of the molecule is Cc1cc(C)cc(NS(=O)(=O)c2cc(C)c(C)cc2C)c1. The second-order valence-electron chi connectivity index (χ2n) is 5.68. The first-order chi connectivity index (χ1) is 9.69. The van der Waals surface area contributed by atoms with Crippen molar-refractivity contribution in [1.82, 2.24) is 0 Å². The number of sulfonamides is 1. The Morgan fingerprint density at radius 3 is 1.81 bits per heavy atom. The maximum absolute atomic E-state index is 12.6. The van der Waals surface area contributed by atoms with Crippen LogP contribution in [0.5, 0.6) is 0 Å². The first kappa shape index (κ1) is 15.6. The molecule has 0 amide bonds. The molecule has 0 saturated carbocycles. The maximum atomic E-state index is 12.6. The van der Waals surface area contributed by atoms with E-state index in [0.29, 0.717) is 10.6 Å². The van der Waals surface area contributed by atoms with Gasteiger partial charge in [-0.05, 0) is 80.6 Å². The van der Waals surface area contributed by atoms with Gasteiger partial charge in [-0.1, -0.05) is 12.1 Å². The van der Waals surface area contributed by atoms with Gasteiger partial charge in [-0.25, -0.2) is 8.42 Å². The quantitative estimate of drug-likeness (QED) is 0.930. The van der Waals surface area contributed by atoms with E-state index in [1.165, 1.54) is 0 Å². The summed E-state index contributed by atoms with van der Waals surface area (Å²) in [6.45, 7) is 9.63. The molecule has 0 radical (unpaired) electrons. The Morgan fingerprint density at radius 2 is 1.24 bits per heavy atom. The standard InChI is InChI=1S/C17H21NO2S/c1-11-6-12(2)8-16(7-11)18-21(19,20)17-10-14(4)13(3)9-15(17)5/h6-10,18H,1-5H3. The third-order valence-corrected chi connectivity index (χ3v) is 5.08. The molecule has 0 bridgehead atoms. The first-order valence-corrected chi connectivity index (χ1v) is 8.36. The Morgan fingerprint density at radius 1 is 0.714 bits per heavy atom. The van der Waals surface area contributed by atoms with Crippen molar-refractivity contribution in [1.29, 1.82) is 0 Å². The predicted molar refractivity (Wildman–Crippen MR) is 87.4 cm³/mol. The molecule has 0 unspecified atom stereocenters. The zero-order valence-corrected chi connectivity index (χ0v) is 13.9. The van der Waals surface area contributed by atoms with E-state index in [9.17, 15) is 8.42 Å². The van der Waals surface area contributed by atoms with E-state index in [0.717, 1.165) is 27.8 Å².